The van der Waals surface area contributed by atoms with Crippen LogP contribution in [0.1, 0.15) is 31.7 Å². The molecular formula is C13H19Cl2NO2S. The highest BCUT2D eigenvalue weighted by Gasteiger charge is 2.21. The number of sulfonamides is 1. The maximum atomic E-state index is 12.3. The largest absolute Gasteiger partial charge is 0.242 e. The number of benzene rings is 1. The third kappa shape index (κ3) is 4.35. The van der Waals surface area contributed by atoms with Crippen LogP contribution in [0.2, 0.25) is 5.02 Å². The smallest absolute Gasteiger partial charge is 0.207 e. The van der Waals surface area contributed by atoms with Gasteiger partial charge in [0.05, 0.1) is 4.90 Å². The minimum Gasteiger partial charge on any atom is -0.207 e. The summed E-state index contributed by atoms with van der Waals surface area (Å²) in [5.41, 5.74) is 0.631. The molecular weight excluding hydrogens is 305 g/mol. The Hall–Kier alpha value is -0.290. The number of unbranched alkanes of at least 4 members (excludes halogenated alkanes) is 2. The van der Waals surface area contributed by atoms with Gasteiger partial charge in [0.25, 0.3) is 0 Å². The van der Waals surface area contributed by atoms with Gasteiger partial charge in [-0.05, 0) is 30.2 Å². The third-order valence-electron chi connectivity index (χ3n) is 2.95. The Morgan fingerprint density at radius 3 is 2.53 bits per heavy atom. The Morgan fingerprint density at radius 2 is 1.95 bits per heavy atom. The fraction of sp³-hybridized carbons (Fsp3) is 0.538. The quantitative estimate of drug-likeness (QED) is 0.564. The molecule has 0 saturated carbocycles. The first kappa shape index (κ1) is 16.8. The molecule has 0 bridgehead atoms. The zero-order chi connectivity index (χ0) is 14.5. The van der Waals surface area contributed by atoms with Crippen LogP contribution in [0.3, 0.4) is 0 Å². The highest BCUT2D eigenvalue weighted by Crippen LogP contribution is 2.23. The monoisotopic (exact) mass is 323 g/mol. The van der Waals surface area contributed by atoms with Gasteiger partial charge in [-0.25, -0.2) is 12.7 Å². The van der Waals surface area contributed by atoms with Gasteiger partial charge in [0.1, 0.15) is 0 Å². The highest BCUT2D eigenvalue weighted by molar-refractivity contribution is 7.89. The van der Waals surface area contributed by atoms with Crippen molar-refractivity contribution in [2.75, 3.05) is 13.6 Å². The van der Waals surface area contributed by atoms with E-state index in [-0.39, 0.29) is 10.8 Å². The van der Waals surface area contributed by atoms with E-state index in [1.54, 1.807) is 19.2 Å². The van der Waals surface area contributed by atoms with E-state index in [1.165, 1.54) is 10.4 Å². The van der Waals surface area contributed by atoms with Crippen molar-refractivity contribution in [3.8, 4) is 0 Å². The number of nitrogens with zero attached hydrogens (tertiary/aromatic N) is 1. The standard InChI is InChI=1S/C13H19Cl2NO2S/c1-3-4-5-8-16(2)19(17,18)12-6-7-13(15)11(9-12)10-14/h6-7,9H,3-5,8,10H2,1-2H3. The molecule has 0 amide bonds. The fourth-order valence-corrected chi connectivity index (χ4v) is 3.43. The molecule has 1 aromatic carbocycles. The molecule has 0 spiro atoms. The summed E-state index contributed by atoms with van der Waals surface area (Å²) in [6.07, 6.45) is 2.95. The van der Waals surface area contributed by atoms with Crippen molar-refractivity contribution in [2.45, 2.75) is 37.0 Å². The SMILES string of the molecule is CCCCCN(C)S(=O)(=O)c1ccc(Cl)c(CCl)c1. The van der Waals surface area contributed by atoms with Crippen molar-refractivity contribution in [1.82, 2.24) is 4.31 Å². The summed E-state index contributed by atoms with van der Waals surface area (Å²) < 4.78 is 26.1. The van der Waals surface area contributed by atoms with Gasteiger partial charge in [0.15, 0.2) is 0 Å². The fourth-order valence-electron chi connectivity index (χ4n) is 1.70. The normalized spacial score (nSPS) is 12.1. The molecule has 0 aliphatic rings. The molecule has 1 rings (SSSR count). The minimum atomic E-state index is -3.45. The Balaban J connectivity index is 2.93. The molecule has 1 aromatic rings. The van der Waals surface area contributed by atoms with Crippen molar-refractivity contribution >= 4 is 33.2 Å². The zero-order valence-electron chi connectivity index (χ0n) is 11.2. The predicted octanol–water partition coefficient (Wildman–Crippen LogP) is 3.89. The van der Waals surface area contributed by atoms with E-state index in [9.17, 15) is 8.42 Å². The van der Waals surface area contributed by atoms with Gasteiger partial charge in [0, 0.05) is 24.5 Å². The topological polar surface area (TPSA) is 37.4 Å². The molecule has 0 atom stereocenters. The van der Waals surface area contributed by atoms with Gasteiger partial charge < -0.3 is 0 Å². The van der Waals surface area contributed by atoms with E-state index in [0.717, 1.165) is 19.3 Å². The molecule has 19 heavy (non-hydrogen) atoms. The number of alkyl halides is 1. The molecule has 0 aliphatic heterocycles. The van der Waals surface area contributed by atoms with Gasteiger partial charge in [-0.1, -0.05) is 31.4 Å². The van der Waals surface area contributed by atoms with Crippen molar-refractivity contribution in [3.63, 3.8) is 0 Å². The van der Waals surface area contributed by atoms with Crippen LogP contribution in [0, 0.1) is 0 Å². The Labute approximate surface area is 125 Å². The van der Waals surface area contributed by atoms with E-state index in [2.05, 4.69) is 6.92 Å². The van der Waals surface area contributed by atoms with Crippen molar-refractivity contribution in [3.05, 3.63) is 28.8 Å². The molecule has 3 nitrogen and oxygen atoms in total. The summed E-state index contributed by atoms with van der Waals surface area (Å²) in [7, 11) is -1.86. The van der Waals surface area contributed by atoms with E-state index in [4.69, 9.17) is 23.2 Å². The Bertz CT molecular complexity index is 517. The van der Waals surface area contributed by atoms with Gasteiger partial charge in [0.2, 0.25) is 10.0 Å². The van der Waals surface area contributed by atoms with Crippen LogP contribution in [0.25, 0.3) is 0 Å². The first-order valence-electron chi connectivity index (χ1n) is 6.24. The Kier molecular flexibility index (Phi) is 6.60. The first-order chi connectivity index (χ1) is 8.93. The van der Waals surface area contributed by atoms with Crippen molar-refractivity contribution in [2.24, 2.45) is 0 Å². The van der Waals surface area contributed by atoms with Gasteiger partial charge in [-0.2, -0.15) is 0 Å². The van der Waals surface area contributed by atoms with Crippen LogP contribution < -0.4 is 0 Å². The Morgan fingerprint density at radius 1 is 1.26 bits per heavy atom. The third-order valence-corrected chi connectivity index (χ3v) is 5.46. The molecule has 0 heterocycles. The lowest BCUT2D eigenvalue weighted by atomic mass is 10.2. The summed E-state index contributed by atoms with van der Waals surface area (Å²) in [5.74, 6) is 0.196. The summed E-state index contributed by atoms with van der Waals surface area (Å²) in [5, 5.41) is 0.489. The molecule has 108 valence electrons. The highest BCUT2D eigenvalue weighted by atomic mass is 35.5. The van der Waals surface area contributed by atoms with Crippen LogP contribution in [0.5, 0.6) is 0 Å². The van der Waals surface area contributed by atoms with Crippen LogP contribution in [-0.2, 0) is 15.9 Å². The van der Waals surface area contributed by atoms with Gasteiger partial charge >= 0.3 is 0 Å². The molecule has 0 unspecified atom stereocenters. The number of hydrogen-bond acceptors (Lipinski definition) is 2. The summed E-state index contributed by atoms with van der Waals surface area (Å²) in [6, 6.07) is 4.64. The molecule has 0 aliphatic carbocycles. The lowest BCUT2D eigenvalue weighted by Crippen LogP contribution is -2.28. The van der Waals surface area contributed by atoms with Crippen LogP contribution in [-0.4, -0.2) is 26.3 Å². The first-order valence-corrected chi connectivity index (χ1v) is 8.59. The molecule has 0 aromatic heterocycles. The van der Waals surface area contributed by atoms with E-state index in [1.807, 2.05) is 0 Å². The molecule has 6 heteroatoms. The summed E-state index contributed by atoms with van der Waals surface area (Å²) in [4.78, 5) is 0.242. The lowest BCUT2D eigenvalue weighted by Gasteiger charge is -2.17. The second-order valence-corrected chi connectivity index (χ2v) is 7.14. The van der Waals surface area contributed by atoms with Crippen LogP contribution >= 0.6 is 23.2 Å². The second kappa shape index (κ2) is 7.48. The average Bonchev–Trinajstić information content (AvgIpc) is 2.39. The number of halogens is 2. The maximum absolute atomic E-state index is 12.3. The van der Waals surface area contributed by atoms with Crippen LogP contribution in [0.15, 0.2) is 23.1 Å². The summed E-state index contributed by atoms with van der Waals surface area (Å²) >= 11 is 11.7. The maximum Gasteiger partial charge on any atom is 0.242 e. The predicted molar refractivity (Wildman–Crippen MR) is 80.3 cm³/mol. The number of rotatable bonds is 7. The van der Waals surface area contributed by atoms with Gasteiger partial charge in [-0.3, -0.25) is 0 Å². The van der Waals surface area contributed by atoms with E-state index >= 15 is 0 Å². The minimum absolute atomic E-state index is 0.196. The molecule has 0 N–H and O–H groups in total. The lowest BCUT2D eigenvalue weighted by molar-refractivity contribution is 0.454. The molecule has 0 radical (unpaired) electrons. The second-order valence-electron chi connectivity index (χ2n) is 4.42. The van der Waals surface area contributed by atoms with E-state index in [0.29, 0.717) is 17.1 Å². The number of hydrogen-bond donors (Lipinski definition) is 0. The molecule has 0 fully saturated rings. The summed E-state index contributed by atoms with van der Waals surface area (Å²) in [6.45, 7) is 2.61. The van der Waals surface area contributed by atoms with E-state index < -0.39 is 10.0 Å². The zero-order valence-corrected chi connectivity index (χ0v) is 13.5. The van der Waals surface area contributed by atoms with Gasteiger partial charge in [-0.15, -0.1) is 11.6 Å². The van der Waals surface area contributed by atoms with Crippen LogP contribution in [0.4, 0.5) is 0 Å². The average molecular weight is 324 g/mol. The molecule has 0 saturated heterocycles. The van der Waals surface area contributed by atoms with Crippen molar-refractivity contribution < 1.29 is 8.42 Å². The van der Waals surface area contributed by atoms with Crippen molar-refractivity contribution in [1.29, 1.82) is 0 Å².